The van der Waals surface area contributed by atoms with Crippen LogP contribution < -0.4 is 0 Å². The van der Waals surface area contributed by atoms with Gasteiger partial charge in [-0.15, -0.1) is 0 Å². The van der Waals surface area contributed by atoms with Gasteiger partial charge in [0, 0.05) is 0 Å². The Morgan fingerprint density at radius 2 is 1.38 bits per heavy atom. The Balaban J connectivity index is 3.15. The third kappa shape index (κ3) is 10.2. The molecule has 0 aromatic carbocycles. The Kier molecular flexibility index (Phi) is 12.5. The normalized spacial score (nSPS) is 11.8. The van der Waals surface area contributed by atoms with Gasteiger partial charge in [0.25, 0.3) is 0 Å². The van der Waals surface area contributed by atoms with Crippen molar-refractivity contribution in [2.75, 3.05) is 19.6 Å². The summed E-state index contributed by atoms with van der Waals surface area (Å²) in [5.74, 6) is 0. The van der Waals surface area contributed by atoms with Gasteiger partial charge in [-0.1, -0.05) is 52.2 Å². The number of hydrogen-bond donors (Lipinski definition) is 0. The monoisotopic (exact) mass is 225 g/mol. The molecule has 0 atom stereocenters. The lowest BCUT2D eigenvalue weighted by molar-refractivity contribution is 0.295. The number of hydrogen-bond acceptors (Lipinski definition) is 1. The summed E-state index contributed by atoms with van der Waals surface area (Å²) in [5, 5.41) is 0. The van der Waals surface area contributed by atoms with E-state index in [2.05, 4.69) is 37.8 Å². The van der Waals surface area contributed by atoms with E-state index < -0.39 is 0 Å². The zero-order valence-electron chi connectivity index (χ0n) is 11.7. The quantitative estimate of drug-likeness (QED) is 0.366. The molecule has 0 amide bonds. The molecule has 0 fully saturated rings. The first-order valence-electron chi connectivity index (χ1n) is 7.22. The highest BCUT2D eigenvalue weighted by Crippen LogP contribution is 2.05. The predicted octanol–water partition coefficient (Wildman–Crippen LogP) is 4.64. The maximum atomic E-state index is 2.52. The van der Waals surface area contributed by atoms with Gasteiger partial charge in [0.2, 0.25) is 0 Å². The zero-order chi connectivity index (χ0) is 12.1. The van der Waals surface area contributed by atoms with Crippen LogP contribution in [-0.4, -0.2) is 24.5 Å². The molecule has 0 saturated heterocycles. The van der Waals surface area contributed by atoms with Crippen LogP contribution in [0.5, 0.6) is 0 Å². The van der Waals surface area contributed by atoms with Gasteiger partial charge in [0.1, 0.15) is 0 Å². The molecule has 0 aliphatic carbocycles. The maximum absolute atomic E-state index is 2.52. The van der Waals surface area contributed by atoms with Gasteiger partial charge in [0.15, 0.2) is 0 Å². The van der Waals surface area contributed by atoms with Gasteiger partial charge in [-0.25, -0.2) is 0 Å². The molecule has 0 radical (unpaired) electrons. The van der Waals surface area contributed by atoms with Crippen LogP contribution in [0.1, 0.15) is 65.7 Å². The van der Waals surface area contributed by atoms with Crippen molar-refractivity contribution in [2.45, 2.75) is 65.7 Å². The van der Waals surface area contributed by atoms with Gasteiger partial charge in [-0.05, 0) is 45.3 Å². The van der Waals surface area contributed by atoms with Gasteiger partial charge < -0.3 is 4.90 Å². The highest BCUT2D eigenvalue weighted by atomic mass is 15.1. The van der Waals surface area contributed by atoms with Crippen molar-refractivity contribution < 1.29 is 0 Å². The summed E-state index contributed by atoms with van der Waals surface area (Å²) in [5.41, 5.74) is 0. The molecule has 0 aromatic heterocycles. The van der Waals surface area contributed by atoms with Crippen molar-refractivity contribution in [2.24, 2.45) is 0 Å². The molecule has 0 aliphatic rings. The summed E-state index contributed by atoms with van der Waals surface area (Å²) in [6.45, 7) is 10.4. The fourth-order valence-corrected chi connectivity index (χ4v) is 1.89. The van der Waals surface area contributed by atoms with E-state index in [-0.39, 0.29) is 0 Å². The van der Waals surface area contributed by atoms with Gasteiger partial charge in [-0.3, -0.25) is 0 Å². The van der Waals surface area contributed by atoms with Crippen molar-refractivity contribution in [1.82, 2.24) is 4.90 Å². The van der Waals surface area contributed by atoms with E-state index in [0.717, 1.165) is 0 Å². The van der Waals surface area contributed by atoms with Crippen LogP contribution in [0.2, 0.25) is 0 Å². The minimum absolute atomic E-state index is 1.20. The third-order valence-electron chi connectivity index (χ3n) is 3.11. The molecule has 0 N–H and O–H groups in total. The van der Waals surface area contributed by atoms with Crippen LogP contribution in [0.3, 0.4) is 0 Å². The molecule has 0 saturated carbocycles. The lowest BCUT2D eigenvalue weighted by Gasteiger charge is -2.17. The molecule has 96 valence electrons. The summed E-state index contributed by atoms with van der Waals surface area (Å²) in [6, 6.07) is 0. The minimum atomic E-state index is 1.20. The van der Waals surface area contributed by atoms with E-state index in [1.807, 2.05) is 0 Å². The summed E-state index contributed by atoms with van der Waals surface area (Å²) >= 11 is 0. The van der Waals surface area contributed by atoms with E-state index in [1.54, 1.807) is 0 Å². The van der Waals surface area contributed by atoms with E-state index >= 15 is 0 Å². The molecule has 0 aromatic rings. The Hall–Kier alpha value is -0.300. The van der Waals surface area contributed by atoms with E-state index in [1.165, 1.54) is 64.6 Å². The van der Waals surface area contributed by atoms with Crippen LogP contribution in [0.15, 0.2) is 12.2 Å². The van der Waals surface area contributed by atoms with Crippen LogP contribution in [0.25, 0.3) is 0 Å². The Labute approximate surface area is 103 Å². The van der Waals surface area contributed by atoms with Crippen LogP contribution in [-0.2, 0) is 0 Å². The highest BCUT2D eigenvalue weighted by Gasteiger charge is 1.97. The minimum Gasteiger partial charge on any atom is -0.304 e. The smallest absolute Gasteiger partial charge is 0.00190 e. The number of allylic oxidation sites excluding steroid dienone is 2. The average Bonchev–Trinajstić information content (AvgIpc) is 2.32. The largest absolute Gasteiger partial charge is 0.304 e. The van der Waals surface area contributed by atoms with Crippen molar-refractivity contribution in [3.8, 4) is 0 Å². The van der Waals surface area contributed by atoms with E-state index in [9.17, 15) is 0 Å². The van der Waals surface area contributed by atoms with Gasteiger partial charge >= 0.3 is 0 Å². The first-order chi connectivity index (χ1) is 7.85. The molecule has 0 unspecified atom stereocenters. The summed E-state index contributed by atoms with van der Waals surface area (Å²) < 4.78 is 0. The van der Waals surface area contributed by atoms with Crippen LogP contribution in [0.4, 0.5) is 0 Å². The second-order valence-corrected chi connectivity index (χ2v) is 4.49. The fraction of sp³-hybridized carbons (Fsp3) is 0.867. The average molecular weight is 225 g/mol. The molecule has 1 heteroatoms. The molecular weight excluding hydrogens is 194 g/mol. The van der Waals surface area contributed by atoms with Crippen molar-refractivity contribution >= 4 is 0 Å². The molecule has 0 rings (SSSR count). The number of unbranched alkanes of at least 4 members (excludes halogenated alkanes) is 5. The molecule has 0 heterocycles. The lowest BCUT2D eigenvalue weighted by Crippen LogP contribution is -2.23. The second-order valence-electron chi connectivity index (χ2n) is 4.49. The molecule has 1 nitrogen and oxygen atoms in total. The summed E-state index contributed by atoms with van der Waals surface area (Å²) in [7, 11) is 0. The SMILES string of the molecule is CCCC=CCCCCCCN(CC)CC. The number of rotatable bonds is 11. The van der Waals surface area contributed by atoms with Crippen molar-refractivity contribution in [1.29, 1.82) is 0 Å². The number of nitrogens with zero attached hydrogens (tertiary/aromatic N) is 1. The topological polar surface area (TPSA) is 3.24 Å². The molecule has 16 heavy (non-hydrogen) atoms. The zero-order valence-corrected chi connectivity index (χ0v) is 11.7. The van der Waals surface area contributed by atoms with Crippen LogP contribution in [0, 0.1) is 0 Å². The molecular formula is C15H31N. The van der Waals surface area contributed by atoms with E-state index in [0.29, 0.717) is 0 Å². The van der Waals surface area contributed by atoms with Gasteiger partial charge in [-0.2, -0.15) is 0 Å². The summed E-state index contributed by atoms with van der Waals surface area (Å²) in [4.78, 5) is 2.52. The Morgan fingerprint density at radius 1 is 0.750 bits per heavy atom. The third-order valence-corrected chi connectivity index (χ3v) is 3.11. The Bertz CT molecular complexity index is 148. The maximum Gasteiger partial charge on any atom is -0.00190 e. The lowest BCUT2D eigenvalue weighted by atomic mass is 10.1. The molecule has 0 bridgehead atoms. The molecule has 0 aliphatic heterocycles. The second kappa shape index (κ2) is 12.8. The first kappa shape index (κ1) is 15.7. The van der Waals surface area contributed by atoms with Gasteiger partial charge in [0.05, 0.1) is 0 Å². The fourth-order valence-electron chi connectivity index (χ4n) is 1.89. The van der Waals surface area contributed by atoms with Crippen LogP contribution >= 0.6 is 0 Å². The standard InChI is InChI=1S/C15H31N/c1-4-7-8-9-10-11-12-13-14-15-16(5-2)6-3/h8-9H,4-7,10-15H2,1-3H3. The summed E-state index contributed by atoms with van der Waals surface area (Å²) in [6.07, 6.45) is 14.0. The van der Waals surface area contributed by atoms with Crippen molar-refractivity contribution in [3.05, 3.63) is 12.2 Å². The molecule has 0 spiro atoms. The predicted molar refractivity (Wildman–Crippen MR) is 74.9 cm³/mol. The van der Waals surface area contributed by atoms with E-state index in [4.69, 9.17) is 0 Å². The Morgan fingerprint density at radius 3 is 2.00 bits per heavy atom. The first-order valence-corrected chi connectivity index (χ1v) is 7.22. The highest BCUT2D eigenvalue weighted by molar-refractivity contribution is 4.80. The van der Waals surface area contributed by atoms with Crippen molar-refractivity contribution in [3.63, 3.8) is 0 Å².